The van der Waals surface area contributed by atoms with Gasteiger partial charge in [-0.3, -0.25) is 4.79 Å². The van der Waals surface area contributed by atoms with Crippen molar-refractivity contribution in [3.63, 3.8) is 0 Å². The fourth-order valence-corrected chi connectivity index (χ4v) is 4.26. The largest absolute Gasteiger partial charge is 0.350 e. The summed E-state index contributed by atoms with van der Waals surface area (Å²) in [6, 6.07) is 5.65. The maximum absolute atomic E-state index is 12.6. The van der Waals surface area contributed by atoms with E-state index in [4.69, 9.17) is 0 Å². The second-order valence-electron chi connectivity index (χ2n) is 7.34. The molecule has 0 saturated carbocycles. The van der Waals surface area contributed by atoms with E-state index >= 15 is 0 Å². The van der Waals surface area contributed by atoms with E-state index in [2.05, 4.69) is 10.3 Å². The number of fused-ring (bicyclic) bond motifs is 1. The summed E-state index contributed by atoms with van der Waals surface area (Å²) in [7, 11) is -3.23. The van der Waals surface area contributed by atoms with Crippen LogP contribution in [0.5, 0.6) is 0 Å². The molecule has 0 unspecified atom stereocenters. The van der Waals surface area contributed by atoms with Gasteiger partial charge in [-0.15, -0.1) is 0 Å². The summed E-state index contributed by atoms with van der Waals surface area (Å²) in [6.07, 6.45) is 4.77. The number of piperidine rings is 1. The first-order valence-corrected chi connectivity index (χ1v) is 10.8. The molecule has 142 valence electrons. The van der Waals surface area contributed by atoms with Gasteiger partial charge in [0.1, 0.15) is 5.82 Å². The third-order valence-corrected chi connectivity index (χ3v) is 5.95. The van der Waals surface area contributed by atoms with E-state index in [9.17, 15) is 13.2 Å². The van der Waals surface area contributed by atoms with Gasteiger partial charge in [0.15, 0.2) is 5.69 Å². The molecule has 0 aliphatic carbocycles. The molecule has 1 saturated heterocycles. The number of pyridine rings is 1. The molecule has 26 heavy (non-hydrogen) atoms. The predicted octanol–water partition coefficient (Wildman–Crippen LogP) is 1.86. The molecule has 1 aliphatic rings. The maximum atomic E-state index is 12.6. The zero-order chi connectivity index (χ0) is 18.9. The number of aromatic nitrogens is 2. The average molecular weight is 378 g/mol. The minimum absolute atomic E-state index is 0.0278. The van der Waals surface area contributed by atoms with Crippen LogP contribution < -0.4 is 5.32 Å². The number of imidazole rings is 1. The first-order chi connectivity index (χ1) is 12.3. The van der Waals surface area contributed by atoms with Gasteiger partial charge in [0, 0.05) is 31.7 Å². The summed E-state index contributed by atoms with van der Waals surface area (Å²) in [6.45, 7) is 5.61. The van der Waals surface area contributed by atoms with Crippen LogP contribution in [-0.4, -0.2) is 53.9 Å². The van der Waals surface area contributed by atoms with Gasteiger partial charge in [-0.1, -0.05) is 19.9 Å². The molecule has 1 N–H and O–H groups in total. The van der Waals surface area contributed by atoms with E-state index < -0.39 is 10.0 Å². The van der Waals surface area contributed by atoms with E-state index in [-0.39, 0.29) is 11.8 Å². The van der Waals surface area contributed by atoms with E-state index in [1.165, 1.54) is 10.6 Å². The molecule has 3 heterocycles. The Morgan fingerprint density at radius 1 is 1.38 bits per heavy atom. The Bertz CT molecular complexity index is 904. The molecule has 0 aromatic carbocycles. The molecular weight excluding hydrogens is 352 g/mol. The van der Waals surface area contributed by atoms with Crippen LogP contribution in [0.1, 0.15) is 48.9 Å². The number of amides is 1. The van der Waals surface area contributed by atoms with Gasteiger partial charge < -0.3 is 9.72 Å². The van der Waals surface area contributed by atoms with Crippen molar-refractivity contribution in [1.29, 1.82) is 0 Å². The molecule has 0 bridgehead atoms. The summed E-state index contributed by atoms with van der Waals surface area (Å²) in [5, 5.41) is 2.92. The van der Waals surface area contributed by atoms with Crippen LogP contribution in [0.4, 0.5) is 0 Å². The van der Waals surface area contributed by atoms with Crippen molar-refractivity contribution in [3.8, 4) is 0 Å². The van der Waals surface area contributed by atoms with Gasteiger partial charge in [-0.25, -0.2) is 17.7 Å². The molecule has 2 aromatic rings. The van der Waals surface area contributed by atoms with E-state index in [0.29, 0.717) is 31.2 Å². The third kappa shape index (κ3) is 3.91. The second kappa shape index (κ2) is 7.36. The monoisotopic (exact) mass is 378 g/mol. The van der Waals surface area contributed by atoms with Gasteiger partial charge >= 0.3 is 0 Å². The van der Waals surface area contributed by atoms with Crippen LogP contribution in [-0.2, 0) is 10.0 Å². The molecule has 1 fully saturated rings. The van der Waals surface area contributed by atoms with Crippen LogP contribution in [0.3, 0.4) is 0 Å². The fourth-order valence-electron chi connectivity index (χ4n) is 3.35. The van der Waals surface area contributed by atoms with Crippen molar-refractivity contribution in [2.75, 3.05) is 25.9 Å². The highest BCUT2D eigenvalue weighted by molar-refractivity contribution is 7.88. The second-order valence-corrected chi connectivity index (χ2v) is 9.32. The number of nitrogens with zero attached hydrogens (tertiary/aromatic N) is 3. The van der Waals surface area contributed by atoms with Gasteiger partial charge in [0.25, 0.3) is 5.91 Å². The Morgan fingerprint density at radius 3 is 2.85 bits per heavy atom. The Balaban J connectivity index is 1.95. The van der Waals surface area contributed by atoms with Crippen molar-refractivity contribution in [3.05, 3.63) is 35.9 Å². The Hall–Kier alpha value is -1.93. The molecule has 2 aromatic heterocycles. The lowest BCUT2D eigenvalue weighted by Gasteiger charge is -2.30. The molecule has 3 rings (SSSR count). The molecule has 8 heteroatoms. The number of hydrogen-bond donors (Lipinski definition) is 1. The number of carbonyl (C=O) groups is 1. The highest BCUT2D eigenvalue weighted by Gasteiger charge is 2.30. The van der Waals surface area contributed by atoms with Gasteiger partial charge in [0.05, 0.1) is 11.8 Å². The highest BCUT2D eigenvalue weighted by atomic mass is 32.2. The SMILES string of the molecule is CC(C)CNC(=O)c1nc([C@@H]2CCCN(S(C)(=O)=O)C2)n2ccccc12. The fraction of sp³-hybridized carbons (Fsp3) is 0.556. The smallest absolute Gasteiger partial charge is 0.272 e. The molecular formula is C18H26N4O3S. The normalized spacial score (nSPS) is 19.2. The van der Waals surface area contributed by atoms with Crippen LogP contribution in [0.2, 0.25) is 0 Å². The summed E-state index contributed by atoms with van der Waals surface area (Å²) in [5.74, 6) is 0.891. The zero-order valence-electron chi connectivity index (χ0n) is 15.5. The van der Waals surface area contributed by atoms with Crippen LogP contribution >= 0.6 is 0 Å². The average Bonchev–Trinajstić information content (AvgIpc) is 2.99. The van der Waals surface area contributed by atoms with Gasteiger partial charge in [0.2, 0.25) is 10.0 Å². The molecule has 7 nitrogen and oxygen atoms in total. The quantitative estimate of drug-likeness (QED) is 0.861. The van der Waals surface area contributed by atoms with Crippen LogP contribution in [0, 0.1) is 5.92 Å². The van der Waals surface area contributed by atoms with Gasteiger partial charge in [-0.2, -0.15) is 0 Å². The minimum Gasteiger partial charge on any atom is -0.350 e. The number of rotatable bonds is 5. The van der Waals surface area contributed by atoms with Crippen molar-refractivity contribution in [2.24, 2.45) is 5.92 Å². The van der Waals surface area contributed by atoms with Crippen LogP contribution in [0.15, 0.2) is 24.4 Å². The zero-order valence-corrected chi connectivity index (χ0v) is 16.3. The predicted molar refractivity (Wildman–Crippen MR) is 101 cm³/mol. The van der Waals surface area contributed by atoms with Crippen molar-refractivity contribution in [2.45, 2.75) is 32.6 Å². The summed E-state index contributed by atoms with van der Waals surface area (Å²) in [5.41, 5.74) is 1.15. The highest BCUT2D eigenvalue weighted by Crippen LogP contribution is 2.29. The topological polar surface area (TPSA) is 83.8 Å². The van der Waals surface area contributed by atoms with E-state index in [0.717, 1.165) is 24.2 Å². The lowest BCUT2D eigenvalue weighted by molar-refractivity contribution is 0.0946. The number of hydrogen-bond acceptors (Lipinski definition) is 4. The number of carbonyl (C=O) groups excluding carboxylic acids is 1. The maximum Gasteiger partial charge on any atom is 0.272 e. The number of nitrogens with one attached hydrogen (secondary N) is 1. The Labute approximate surface area is 154 Å². The van der Waals surface area contributed by atoms with Gasteiger partial charge in [-0.05, 0) is 30.9 Å². The standard InChI is InChI=1S/C18H26N4O3S/c1-13(2)11-19-18(23)16-15-8-4-5-10-22(15)17(20-16)14-7-6-9-21(12-14)26(3,24)25/h4-5,8,10,13-14H,6-7,9,11-12H2,1-3H3,(H,19,23)/t14-/m1/s1. The molecule has 1 aliphatic heterocycles. The van der Waals surface area contributed by atoms with Crippen molar-refractivity contribution >= 4 is 21.4 Å². The molecule has 1 amide bonds. The van der Waals surface area contributed by atoms with Crippen molar-refractivity contribution in [1.82, 2.24) is 19.0 Å². The third-order valence-electron chi connectivity index (χ3n) is 4.68. The van der Waals surface area contributed by atoms with E-state index in [1.54, 1.807) is 0 Å². The Kier molecular flexibility index (Phi) is 5.34. The van der Waals surface area contributed by atoms with Crippen LogP contribution in [0.25, 0.3) is 5.52 Å². The van der Waals surface area contributed by atoms with E-state index in [1.807, 2.05) is 42.6 Å². The number of sulfonamides is 1. The first-order valence-electron chi connectivity index (χ1n) is 8.97. The lowest BCUT2D eigenvalue weighted by atomic mass is 9.99. The summed E-state index contributed by atoms with van der Waals surface area (Å²) >= 11 is 0. The minimum atomic E-state index is -3.23. The Morgan fingerprint density at radius 2 is 2.15 bits per heavy atom. The summed E-state index contributed by atoms with van der Waals surface area (Å²) in [4.78, 5) is 17.2. The lowest BCUT2D eigenvalue weighted by Crippen LogP contribution is -2.38. The van der Waals surface area contributed by atoms with Crippen molar-refractivity contribution < 1.29 is 13.2 Å². The summed E-state index contributed by atoms with van der Waals surface area (Å²) < 4.78 is 27.3. The first kappa shape index (κ1) is 18.8. The molecule has 0 spiro atoms. The molecule has 0 radical (unpaired) electrons. The molecule has 1 atom stereocenters.